The minimum absolute atomic E-state index is 0.0116. The van der Waals surface area contributed by atoms with Crippen LogP contribution in [0.3, 0.4) is 0 Å². The van der Waals surface area contributed by atoms with E-state index in [4.69, 9.17) is 0 Å². The summed E-state index contributed by atoms with van der Waals surface area (Å²) in [6.45, 7) is -0.114. The number of aliphatic hydroxyl groups is 1. The zero-order valence-corrected chi connectivity index (χ0v) is 11.5. The lowest BCUT2D eigenvalue weighted by atomic mass is 10.2. The lowest BCUT2D eigenvalue weighted by Gasteiger charge is -2.13. The summed E-state index contributed by atoms with van der Waals surface area (Å²) < 4.78 is 27.1. The normalized spacial score (nSPS) is 12.0. The molecule has 0 saturated heterocycles. The molecule has 1 heterocycles. The molecule has 5 nitrogen and oxygen atoms in total. The van der Waals surface area contributed by atoms with Crippen molar-refractivity contribution in [1.82, 2.24) is 9.88 Å². The Bertz CT molecular complexity index is 731. The molecule has 1 unspecified atom stereocenters. The number of amides is 1. The highest BCUT2D eigenvalue weighted by Gasteiger charge is 2.12. The van der Waals surface area contributed by atoms with Crippen molar-refractivity contribution in [2.75, 3.05) is 6.54 Å². The minimum atomic E-state index is -1.12. The van der Waals surface area contributed by atoms with Crippen molar-refractivity contribution in [1.29, 1.82) is 0 Å². The van der Waals surface area contributed by atoms with Gasteiger partial charge < -0.3 is 15.0 Å². The summed E-state index contributed by atoms with van der Waals surface area (Å²) in [5, 5.41) is 12.2. The van der Waals surface area contributed by atoms with Crippen LogP contribution in [-0.2, 0) is 6.54 Å². The number of halogens is 2. The number of nitrogens with zero attached hydrogens (tertiary/aromatic N) is 1. The molecule has 2 rings (SSSR count). The first kappa shape index (κ1) is 15.8. The highest BCUT2D eigenvalue weighted by Crippen LogP contribution is 2.08. The van der Waals surface area contributed by atoms with Crippen LogP contribution >= 0.6 is 0 Å². The van der Waals surface area contributed by atoms with Gasteiger partial charge in [0.1, 0.15) is 0 Å². The summed E-state index contributed by atoms with van der Waals surface area (Å²) in [6.07, 6.45) is 0.525. The second-order valence-corrected chi connectivity index (χ2v) is 4.68. The van der Waals surface area contributed by atoms with Gasteiger partial charge in [-0.25, -0.2) is 8.78 Å². The van der Waals surface area contributed by atoms with E-state index in [1.165, 1.54) is 16.8 Å². The van der Waals surface area contributed by atoms with Gasteiger partial charge in [-0.2, -0.15) is 0 Å². The first-order chi connectivity index (χ1) is 10.5. The molecule has 22 heavy (non-hydrogen) atoms. The second kappa shape index (κ2) is 6.95. The number of hydrogen-bond acceptors (Lipinski definition) is 3. The van der Waals surface area contributed by atoms with Crippen LogP contribution < -0.4 is 10.9 Å². The Hall–Kier alpha value is -2.54. The molecule has 0 aliphatic carbocycles. The van der Waals surface area contributed by atoms with Crippen molar-refractivity contribution in [2.45, 2.75) is 12.6 Å². The molecule has 0 fully saturated rings. The number of pyridine rings is 1. The Kier molecular flexibility index (Phi) is 5.00. The van der Waals surface area contributed by atoms with Crippen LogP contribution in [0.5, 0.6) is 0 Å². The SMILES string of the molecule is O=C(NCC(O)Cn1ccccc1=O)c1ccc(F)c(F)c1. The summed E-state index contributed by atoms with van der Waals surface area (Å²) in [7, 11) is 0. The molecule has 2 N–H and O–H groups in total. The van der Waals surface area contributed by atoms with Crippen molar-refractivity contribution in [3.63, 3.8) is 0 Å². The van der Waals surface area contributed by atoms with E-state index in [9.17, 15) is 23.5 Å². The molecule has 0 aliphatic rings. The fraction of sp³-hybridized carbons (Fsp3) is 0.200. The van der Waals surface area contributed by atoms with Gasteiger partial charge in [0.15, 0.2) is 11.6 Å². The van der Waals surface area contributed by atoms with Gasteiger partial charge in [-0.3, -0.25) is 9.59 Å². The van der Waals surface area contributed by atoms with Gasteiger partial charge in [0.2, 0.25) is 0 Å². The molecular formula is C15H14F2N2O3. The summed E-state index contributed by atoms with van der Waals surface area (Å²) in [5.41, 5.74) is -0.323. The smallest absolute Gasteiger partial charge is 0.251 e. The summed E-state index contributed by atoms with van der Waals surface area (Å²) in [4.78, 5) is 23.2. The van der Waals surface area contributed by atoms with Crippen molar-refractivity contribution in [2.24, 2.45) is 0 Å². The maximum Gasteiger partial charge on any atom is 0.251 e. The van der Waals surface area contributed by atoms with Crippen LogP contribution in [0.4, 0.5) is 8.78 Å². The highest BCUT2D eigenvalue weighted by molar-refractivity contribution is 5.94. The Morgan fingerprint density at radius 2 is 2.00 bits per heavy atom. The number of aliphatic hydroxyl groups excluding tert-OH is 1. The van der Waals surface area contributed by atoms with Gasteiger partial charge in [0.05, 0.1) is 12.6 Å². The van der Waals surface area contributed by atoms with E-state index in [2.05, 4.69) is 5.32 Å². The van der Waals surface area contributed by atoms with Gasteiger partial charge >= 0.3 is 0 Å². The first-order valence-electron chi connectivity index (χ1n) is 6.54. The van der Waals surface area contributed by atoms with Crippen molar-refractivity contribution >= 4 is 5.91 Å². The minimum Gasteiger partial charge on any atom is -0.389 e. The Labute approximate surface area is 124 Å². The van der Waals surface area contributed by atoms with E-state index in [0.29, 0.717) is 0 Å². The molecule has 2 aromatic rings. The molecule has 7 heteroatoms. The number of carbonyl (C=O) groups is 1. The largest absolute Gasteiger partial charge is 0.389 e. The van der Waals surface area contributed by atoms with Crippen LogP contribution in [0.1, 0.15) is 10.4 Å². The van der Waals surface area contributed by atoms with Crippen LogP contribution in [-0.4, -0.2) is 28.2 Å². The topological polar surface area (TPSA) is 71.3 Å². The zero-order valence-electron chi connectivity index (χ0n) is 11.5. The van der Waals surface area contributed by atoms with Gasteiger partial charge in [-0.1, -0.05) is 6.07 Å². The maximum absolute atomic E-state index is 13.0. The monoisotopic (exact) mass is 308 g/mol. The van der Waals surface area contributed by atoms with Crippen molar-refractivity contribution in [3.05, 3.63) is 70.1 Å². The van der Waals surface area contributed by atoms with E-state index in [1.807, 2.05) is 0 Å². The van der Waals surface area contributed by atoms with Gasteiger partial charge in [-0.15, -0.1) is 0 Å². The van der Waals surface area contributed by atoms with E-state index in [1.54, 1.807) is 12.1 Å². The van der Waals surface area contributed by atoms with Crippen LogP contribution in [0, 0.1) is 11.6 Å². The van der Waals surface area contributed by atoms with E-state index in [0.717, 1.165) is 18.2 Å². The maximum atomic E-state index is 13.0. The van der Waals surface area contributed by atoms with Crippen molar-refractivity contribution < 1.29 is 18.7 Å². The average Bonchev–Trinajstić information content (AvgIpc) is 2.50. The lowest BCUT2D eigenvalue weighted by molar-refractivity contribution is 0.0902. The van der Waals surface area contributed by atoms with Crippen LogP contribution in [0.25, 0.3) is 0 Å². The number of carbonyl (C=O) groups excluding carboxylic acids is 1. The fourth-order valence-corrected chi connectivity index (χ4v) is 1.85. The number of rotatable bonds is 5. The van der Waals surface area contributed by atoms with E-state index in [-0.39, 0.29) is 24.2 Å². The van der Waals surface area contributed by atoms with Crippen molar-refractivity contribution in [3.8, 4) is 0 Å². The number of aromatic nitrogens is 1. The molecule has 0 bridgehead atoms. The van der Waals surface area contributed by atoms with Crippen LogP contribution in [0.15, 0.2) is 47.4 Å². The molecule has 0 radical (unpaired) electrons. The zero-order chi connectivity index (χ0) is 16.1. The molecule has 1 aromatic heterocycles. The summed E-state index contributed by atoms with van der Waals surface area (Å²) in [6, 6.07) is 7.35. The lowest BCUT2D eigenvalue weighted by Crippen LogP contribution is -2.36. The van der Waals surface area contributed by atoms with Crippen LogP contribution in [0.2, 0.25) is 0 Å². The van der Waals surface area contributed by atoms with E-state index < -0.39 is 23.6 Å². The Morgan fingerprint density at radius 3 is 2.68 bits per heavy atom. The van der Waals surface area contributed by atoms with Gasteiger partial charge in [0, 0.05) is 24.4 Å². The van der Waals surface area contributed by atoms with Gasteiger partial charge in [0.25, 0.3) is 11.5 Å². The molecule has 0 saturated carbocycles. The third kappa shape index (κ3) is 3.98. The number of benzene rings is 1. The predicted octanol–water partition coefficient (Wildman–Crippen LogP) is 0.917. The van der Waals surface area contributed by atoms with Gasteiger partial charge in [-0.05, 0) is 24.3 Å². The molecule has 116 valence electrons. The average molecular weight is 308 g/mol. The molecular weight excluding hydrogens is 294 g/mol. The first-order valence-corrected chi connectivity index (χ1v) is 6.54. The standard InChI is InChI=1S/C15H14F2N2O3/c16-12-5-4-10(7-13(12)17)15(22)18-8-11(20)9-19-6-2-1-3-14(19)21/h1-7,11,20H,8-9H2,(H,18,22). The molecule has 1 atom stereocenters. The summed E-state index contributed by atoms with van der Waals surface area (Å²) >= 11 is 0. The molecule has 1 aromatic carbocycles. The third-order valence-electron chi connectivity index (χ3n) is 2.99. The molecule has 1 amide bonds. The predicted molar refractivity (Wildman–Crippen MR) is 75.4 cm³/mol. The fourth-order valence-electron chi connectivity index (χ4n) is 1.85. The number of hydrogen-bond donors (Lipinski definition) is 2. The number of nitrogens with one attached hydrogen (secondary N) is 1. The molecule has 0 spiro atoms. The summed E-state index contributed by atoms with van der Waals surface area (Å²) in [5.74, 6) is -2.80. The third-order valence-corrected chi connectivity index (χ3v) is 2.99. The quantitative estimate of drug-likeness (QED) is 0.863. The Balaban J connectivity index is 1.92. The molecule has 0 aliphatic heterocycles. The highest BCUT2D eigenvalue weighted by atomic mass is 19.2. The Morgan fingerprint density at radius 1 is 1.23 bits per heavy atom. The van der Waals surface area contributed by atoms with E-state index >= 15 is 0 Å². The second-order valence-electron chi connectivity index (χ2n) is 4.68.